The predicted molar refractivity (Wildman–Crippen MR) is 124 cm³/mol. The van der Waals surface area contributed by atoms with Crippen molar-refractivity contribution >= 4 is 17.0 Å². The first kappa shape index (κ1) is 20.9. The maximum atomic E-state index is 13.7. The molecule has 4 nitrogen and oxygen atoms in total. The molecule has 0 saturated carbocycles. The Hall–Kier alpha value is -3.40. The van der Waals surface area contributed by atoms with Crippen molar-refractivity contribution in [3.63, 3.8) is 0 Å². The van der Waals surface area contributed by atoms with E-state index in [2.05, 4.69) is 43.1 Å². The van der Waals surface area contributed by atoms with E-state index in [1.54, 1.807) is 0 Å². The molecule has 0 aliphatic rings. The number of benzene rings is 3. The van der Waals surface area contributed by atoms with Gasteiger partial charge >= 0.3 is 0 Å². The number of aromatic nitrogens is 1. The average Bonchev–Trinajstić information content (AvgIpc) is 3.17. The molecule has 1 atom stereocenters. The summed E-state index contributed by atoms with van der Waals surface area (Å²) in [6.07, 6.45) is 0.736. The Morgan fingerprint density at radius 3 is 2.35 bits per heavy atom. The normalized spacial score (nSPS) is 12.1. The molecule has 0 unspecified atom stereocenters. The standard InChI is InChI=1S/C27H28N2O2/c1-4-23(22-8-6-5-7-9-22)27(30)29(17-21-13-10-19(2)11-14-21)18-26-28-24-16-20(3)12-15-25(24)31-26/h5-16,23H,4,17-18H2,1-3H3/t23-/m1/s1. The average molecular weight is 413 g/mol. The number of carbonyl (C=O) groups excluding carboxylic acids is 1. The number of hydrogen-bond acceptors (Lipinski definition) is 3. The van der Waals surface area contributed by atoms with Crippen LogP contribution < -0.4 is 0 Å². The van der Waals surface area contributed by atoms with Gasteiger partial charge in [-0.25, -0.2) is 4.98 Å². The molecule has 0 spiro atoms. The van der Waals surface area contributed by atoms with E-state index in [0.717, 1.165) is 34.2 Å². The molecular formula is C27H28N2O2. The third kappa shape index (κ3) is 4.85. The zero-order chi connectivity index (χ0) is 21.8. The van der Waals surface area contributed by atoms with Crippen molar-refractivity contribution in [2.75, 3.05) is 0 Å². The first-order chi connectivity index (χ1) is 15.0. The van der Waals surface area contributed by atoms with Gasteiger partial charge in [-0.3, -0.25) is 4.79 Å². The third-order valence-electron chi connectivity index (χ3n) is 5.63. The zero-order valence-corrected chi connectivity index (χ0v) is 18.3. The molecule has 4 aromatic rings. The fourth-order valence-electron chi connectivity index (χ4n) is 3.90. The highest BCUT2D eigenvalue weighted by Crippen LogP contribution is 2.25. The summed E-state index contributed by atoms with van der Waals surface area (Å²) >= 11 is 0. The van der Waals surface area contributed by atoms with Gasteiger partial charge in [-0.05, 0) is 49.1 Å². The van der Waals surface area contributed by atoms with Crippen LogP contribution in [0.15, 0.2) is 77.2 Å². The lowest BCUT2D eigenvalue weighted by molar-refractivity contribution is -0.134. The van der Waals surface area contributed by atoms with Gasteiger partial charge < -0.3 is 9.32 Å². The van der Waals surface area contributed by atoms with Gasteiger partial charge in [0.25, 0.3) is 0 Å². The van der Waals surface area contributed by atoms with Crippen molar-refractivity contribution in [3.8, 4) is 0 Å². The maximum Gasteiger partial charge on any atom is 0.230 e. The SMILES string of the molecule is CC[C@@H](C(=O)N(Cc1ccc(C)cc1)Cc1nc2cc(C)ccc2o1)c1ccccc1. The second-order valence-electron chi connectivity index (χ2n) is 8.13. The molecule has 4 rings (SSSR count). The van der Waals surface area contributed by atoms with E-state index < -0.39 is 0 Å². The molecule has 1 heterocycles. The van der Waals surface area contributed by atoms with E-state index in [1.807, 2.05) is 60.4 Å². The van der Waals surface area contributed by atoms with E-state index in [0.29, 0.717) is 19.0 Å². The van der Waals surface area contributed by atoms with Gasteiger partial charge in [0.2, 0.25) is 11.8 Å². The van der Waals surface area contributed by atoms with Crippen molar-refractivity contribution in [3.05, 3.63) is 101 Å². The number of rotatable bonds is 7. The van der Waals surface area contributed by atoms with Gasteiger partial charge in [-0.1, -0.05) is 73.2 Å². The van der Waals surface area contributed by atoms with Crippen molar-refractivity contribution in [1.29, 1.82) is 0 Å². The second kappa shape index (κ2) is 9.17. The summed E-state index contributed by atoms with van der Waals surface area (Å²) in [4.78, 5) is 20.2. The molecular weight excluding hydrogens is 384 g/mol. The number of fused-ring (bicyclic) bond motifs is 1. The first-order valence-electron chi connectivity index (χ1n) is 10.8. The van der Waals surface area contributed by atoms with E-state index in [9.17, 15) is 4.79 Å². The fourth-order valence-corrected chi connectivity index (χ4v) is 3.90. The van der Waals surface area contributed by atoms with Gasteiger partial charge in [0, 0.05) is 6.54 Å². The number of carbonyl (C=O) groups is 1. The predicted octanol–water partition coefficient (Wildman–Crippen LogP) is 6.17. The lowest BCUT2D eigenvalue weighted by Gasteiger charge is -2.26. The molecule has 0 radical (unpaired) electrons. The Morgan fingerprint density at radius 2 is 1.65 bits per heavy atom. The van der Waals surface area contributed by atoms with Gasteiger partial charge in [0.15, 0.2) is 5.58 Å². The van der Waals surface area contributed by atoms with Crippen molar-refractivity contribution < 1.29 is 9.21 Å². The highest BCUT2D eigenvalue weighted by atomic mass is 16.3. The van der Waals surface area contributed by atoms with Crippen LogP contribution in [0.4, 0.5) is 0 Å². The summed E-state index contributed by atoms with van der Waals surface area (Å²) in [5, 5.41) is 0. The number of oxazole rings is 1. The van der Waals surface area contributed by atoms with Gasteiger partial charge in [0.05, 0.1) is 12.5 Å². The highest BCUT2D eigenvalue weighted by molar-refractivity contribution is 5.83. The minimum Gasteiger partial charge on any atom is -0.439 e. The Balaban J connectivity index is 1.65. The van der Waals surface area contributed by atoms with Crippen LogP contribution in [0, 0.1) is 13.8 Å². The lowest BCUT2D eigenvalue weighted by atomic mass is 9.94. The van der Waals surface area contributed by atoms with Crippen molar-refractivity contribution in [2.24, 2.45) is 0 Å². The third-order valence-corrected chi connectivity index (χ3v) is 5.63. The fraction of sp³-hybridized carbons (Fsp3) is 0.259. The molecule has 3 aromatic carbocycles. The molecule has 0 aliphatic heterocycles. The molecule has 31 heavy (non-hydrogen) atoms. The van der Waals surface area contributed by atoms with E-state index in [-0.39, 0.29) is 11.8 Å². The van der Waals surface area contributed by atoms with Crippen molar-refractivity contribution in [1.82, 2.24) is 9.88 Å². The van der Waals surface area contributed by atoms with E-state index in [4.69, 9.17) is 4.42 Å². The van der Waals surface area contributed by atoms with Crippen LogP contribution in [0.5, 0.6) is 0 Å². The number of nitrogens with zero attached hydrogens (tertiary/aromatic N) is 2. The van der Waals surface area contributed by atoms with E-state index >= 15 is 0 Å². The number of amides is 1. The largest absolute Gasteiger partial charge is 0.439 e. The molecule has 0 fully saturated rings. The smallest absolute Gasteiger partial charge is 0.230 e. The Kier molecular flexibility index (Phi) is 6.17. The van der Waals surface area contributed by atoms with Crippen LogP contribution in [0.2, 0.25) is 0 Å². The van der Waals surface area contributed by atoms with Crippen LogP contribution in [0.3, 0.4) is 0 Å². The molecule has 158 valence electrons. The second-order valence-corrected chi connectivity index (χ2v) is 8.13. The number of aryl methyl sites for hydroxylation is 2. The van der Waals surface area contributed by atoms with Crippen molar-refractivity contribution in [2.45, 2.75) is 46.2 Å². The topological polar surface area (TPSA) is 46.3 Å². The monoisotopic (exact) mass is 412 g/mol. The summed E-state index contributed by atoms with van der Waals surface area (Å²) < 4.78 is 5.97. The summed E-state index contributed by atoms with van der Waals surface area (Å²) in [6.45, 7) is 7.01. The molecule has 0 bridgehead atoms. The van der Waals surface area contributed by atoms with Crippen LogP contribution in [0.25, 0.3) is 11.1 Å². The van der Waals surface area contributed by atoms with Gasteiger partial charge in [-0.15, -0.1) is 0 Å². The lowest BCUT2D eigenvalue weighted by Crippen LogP contribution is -2.34. The summed E-state index contributed by atoms with van der Waals surface area (Å²) in [6, 6.07) is 24.3. The Morgan fingerprint density at radius 1 is 0.935 bits per heavy atom. The molecule has 1 amide bonds. The van der Waals surface area contributed by atoms with Crippen LogP contribution >= 0.6 is 0 Å². The summed E-state index contributed by atoms with van der Waals surface area (Å²) in [7, 11) is 0. The Bertz CT molecular complexity index is 1160. The Labute approximate surface area is 183 Å². The molecule has 4 heteroatoms. The molecule has 0 N–H and O–H groups in total. The maximum absolute atomic E-state index is 13.7. The molecule has 0 saturated heterocycles. The summed E-state index contributed by atoms with van der Waals surface area (Å²) in [5.74, 6) is 0.454. The van der Waals surface area contributed by atoms with Crippen LogP contribution in [-0.4, -0.2) is 15.8 Å². The van der Waals surface area contributed by atoms with E-state index in [1.165, 1.54) is 5.56 Å². The highest BCUT2D eigenvalue weighted by Gasteiger charge is 2.26. The first-order valence-corrected chi connectivity index (χ1v) is 10.8. The minimum atomic E-state index is -0.196. The minimum absolute atomic E-state index is 0.0905. The van der Waals surface area contributed by atoms with Crippen LogP contribution in [-0.2, 0) is 17.9 Å². The molecule has 1 aromatic heterocycles. The van der Waals surface area contributed by atoms with Crippen LogP contribution in [0.1, 0.15) is 47.4 Å². The van der Waals surface area contributed by atoms with Gasteiger partial charge in [-0.2, -0.15) is 0 Å². The summed E-state index contributed by atoms with van der Waals surface area (Å²) in [5.41, 5.74) is 6.04. The quantitative estimate of drug-likeness (QED) is 0.365. The van der Waals surface area contributed by atoms with Gasteiger partial charge in [0.1, 0.15) is 5.52 Å². The molecule has 0 aliphatic carbocycles. The zero-order valence-electron chi connectivity index (χ0n) is 18.3. The number of hydrogen-bond donors (Lipinski definition) is 0.